The maximum absolute atomic E-state index is 12.5. The number of aliphatic carboxylic acids is 3. The quantitative estimate of drug-likeness (QED) is 0.0932. The number of rotatable bonds is 12. The number of carboxylic acid groups (broad SMARTS) is 3. The van der Waals surface area contributed by atoms with E-state index in [0.29, 0.717) is 17.2 Å². The predicted octanol–water partition coefficient (Wildman–Crippen LogP) is -0.779. The van der Waals surface area contributed by atoms with Crippen LogP contribution in [0.3, 0.4) is 0 Å². The molecule has 0 radical (unpaired) electrons. The van der Waals surface area contributed by atoms with Crippen molar-refractivity contribution in [3.63, 3.8) is 0 Å². The van der Waals surface area contributed by atoms with E-state index in [9.17, 15) is 58.5 Å². The topological polar surface area (TPSA) is 270 Å². The summed E-state index contributed by atoms with van der Waals surface area (Å²) < 4.78 is -2.15. The number of fused-ring (bicyclic) bond motifs is 3. The molecule has 9 rings (SSSR count). The summed E-state index contributed by atoms with van der Waals surface area (Å²) in [6.45, 7) is 10.4. The number of nitrogens with zero attached hydrogens (tertiary/aromatic N) is 6. The summed E-state index contributed by atoms with van der Waals surface area (Å²) in [6, 6.07) is 23.1. The van der Waals surface area contributed by atoms with Crippen molar-refractivity contribution >= 4 is 106 Å². The molecule has 3 aromatic rings. The van der Waals surface area contributed by atoms with E-state index in [2.05, 4.69) is 0 Å². The molecule has 21 nitrogen and oxygen atoms in total. The fourth-order valence-corrected chi connectivity index (χ4v) is 14.3. The number of carbonyl (C=O) groups is 9. The van der Waals surface area contributed by atoms with Crippen LogP contribution in [0.1, 0.15) is 41.5 Å². The van der Waals surface area contributed by atoms with E-state index in [0.717, 1.165) is 15.2 Å². The first-order valence-electron chi connectivity index (χ1n) is 22.4. The van der Waals surface area contributed by atoms with Crippen LogP contribution in [0, 0.1) is 17.8 Å². The Kier molecular flexibility index (Phi) is 16.5. The standard InChI is InChI=1S/3C16H18N2O5S.Al/c3*1-16(2)11(15(21)22)18-13(20)10(14(18)24-16)12(19)17(3)23-9-7-5-4-6-8-9;/h3*4-8,10-11,14H,1-3H3,(H,21,22);/q;;;+3/p-3/t3*10-,11+,14-;/m111./s1. The van der Waals surface area contributed by atoms with Gasteiger partial charge in [0.25, 0.3) is 17.7 Å². The van der Waals surface area contributed by atoms with Gasteiger partial charge in [-0.25, -0.2) is 0 Å². The zero-order chi connectivity index (χ0) is 52.9. The molecule has 6 fully saturated rings. The minimum atomic E-state index is -1.30. The summed E-state index contributed by atoms with van der Waals surface area (Å²) in [7, 11) is 4.31. The van der Waals surface area contributed by atoms with Gasteiger partial charge in [0.15, 0.2) is 17.2 Å². The van der Waals surface area contributed by atoms with Gasteiger partial charge in [-0.15, -0.1) is 35.3 Å². The van der Waals surface area contributed by atoms with Crippen LogP contribution in [-0.4, -0.2) is 170 Å². The second-order valence-corrected chi connectivity index (χ2v) is 24.2. The van der Waals surface area contributed by atoms with Gasteiger partial charge >= 0.3 is 17.4 Å². The molecule has 0 unspecified atom stereocenters. The second kappa shape index (κ2) is 21.4. The van der Waals surface area contributed by atoms with Gasteiger partial charge in [0, 0.05) is 35.4 Å². The summed E-state index contributed by atoms with van der Waals surface area (Å²) in [5, 5.41) is 35.6. The molecule has 9 atom stereocenters. The zero-order valence-corrected chi connectivity index (χ0v) is 44.6. The van der Waals surface area contributed by atoms with Crippen LogP contribution < -0.4 is 29.8 Å². The number of carbonyl (C=O) groups excluding carboxylic acids is 9. The molecule has 0 saturated carbocycles. The van der Waals surface area contributed by atoms with Crippen LogP contribution in [0.2, 0.25) is 0 Å². The van der Waals surface area contributed by atoms with Gasteiger partial charge in [0.05, 0.1) is 52.2 Å². The van der Waals surface area contributed by atoms with E-state index in [1.54, 1.807) is 114 Å². The number of hydrogen-bond donors (Lipinski definition) is 0. The Morgan fingerprint density at radius 3 is 0.836 bits per heavy atom. The average molecular weight is 1080 g/mol. The average Bonchev–Trinajstić information content (AvgIpc) is 3.83. The molecule has 384 valence electrons. The van der Waals surface area contributed by atoms with Crippen molar-refractivity contribution in [2.45, 2.75) is 90.0 Å². The number of thioether (sulfide) groups is 3. The third-order valence-corrected chi connectivity index (χ3v) is 17.4. The largest absolute Gasteiger partial charge is 3.00 e. The third-order valence-electron chi connectivity index (χ3n) is 12.7. The number of hydroxylamine groups is 6. The van der Waals surface area contributed by atoms with E-state index in [1.807, 2.05) is 18.2 Å². The van der Waals surface area contributed by atoms with Gasteiger partial charge in [0.2, 0.25) is 17.7 Å². The van der Waals surface area contributed by atoms with Crippen molar-refractivity contribution < 1.29 is 73.0 Å². The van der Waals surface area contributed by atoms with E-state index in [1.165, 1.54) is 71.1 Å². The normalized spacial score (nSPS) is 26.8. The maximum Gasteiger partial charge on any atom is 3.00 e. The molecule has 6 aliphatic rings. The fraction of sp³-hybridized carbons (Fsp3) is 0.438. The number of benzene rings is 3. The molecular weight excluding hydrogens is 1020 g/mol. The Balaban J connectivity index is 0.000000177. The number of para-hydroxylation sites is 3. The molecular formula is C48H51AlN6O15S3. The number of amides is 6. The molecule has 0 spiro atoms. The minimum absolute atomic E-state index is 0. The Hall–Kier alpha value is -6.13. The van der Waals surface area contributed by atoms with Crippen LogP contribution in [0.4, 0.5) is 0 Å². The summed E-state index contributed by atoms with van der Waals surface area (Å²) >= 11 is 3.90. The van der Waals surface area contributed by atoms with E-state index >= 15 is 0 Å². The zero-order valence-electron chi connectivity index (χ0n) is 41.0. The SMILES string of the molecule is CN(Oc1ccccc1)C(=O)[C@@H]1C(=O)N2[C@@H]1SC(C)(C)[C@@H]2C(=O)[O-].CN(Oc1ccccc1)C(=O)[C@@H]1C(=O)N2[C@@H]1SC(C)(C)[C@@H]2C(=O)[O-].CN(Oc1ccccc1)C(=O)[C@@H]1C(=O)N2[C@@H]1SC(C)(C)[C@@H]2C(=O)[O-].[Al+3]. The first kappa shape index (κ1) is 56.2. The Morgan fingerprint density at radius 1 is 0.438 bits per heavy atom. The summed E-state index contributed by atoms with van der Waals surface area (Å²) in [5.41, 5.74) is 0. The first-order valence-corrected chi connectivity index (χ1v) is 25.0. The molecule has 6 aliphatic heterocycles. The Labute approximate surface area is 443 Å². The minimum Gasteiger partial charge on any atom is -0.548 e. The predicted molar refractivity (Wildman–Crippen MR) is 259 cm³/mol. The van der Waals surface area contributed by atoms with Gasteiger partial charge < -0.3 is 58.9 Å². The molecule has 0 aromatic heterocycles. The summed E-state index contributed by atoms with van der Waals surface area (Å²) in [6.07, 6.45) is 0. The van der Waals surface area contributed by atoms with E-state index in [4.69, 9.17) is 14.5 Å². The van der Waals surface area contributed by atoms with Crippen LogP contribution in [0.25, 0.3) is 0 Å². The molecule has 73 heavy (non-hydrogen) atoms. The van der Waals surface area contributed by atoms with Crippen molar-refractivity contribution in [2.75, 3.05) is 21.1 Å². The monoisotopic (exact) mass is 1070 g/mol. The van der Waals surface area contributed by atoms with Gasteiger partial charge in [-0.2, -0.15) is 15.2 Å². The van der Waals surface area contributed by atoms with Crippen LogP contribution in [-0.2, 0) is 43.2 Å². The fourth-order valence-electron chi connectivity index (χ4n) is 9.30. The van der Waals surface area contributed by atoms with Crippen molar-refractivity contribution in [3.8, 4) is 17.2 Å². The van der Waals surface area contributed by atoms with Crippen LogP contribution in [0.15, 0.2) is 91.0 Å². The molecule has 0 N–H and O–H groups in total. The van der Waals surface area contributed by atoms with Crippen LogP contribution >= 0.6 is 35.3 Å². The molecule has 25 heteroatoms. The number of carboxylic acids is 3. The smallest absolute Gasteiger partial charge is 0.548 e. The van der Waals surface area contributed by atoms with Crippen molar-refractivity contribution in [3.05, 3.63) is 91.0 Å². The molecule has 0 bridgehead atoms. The van der Waals surface area contributed by atoms with Gasteiger partial charge in [-0.3, -0.25) is 28.8 Å². The van der Waals surface area contributed by atoms with Crippen molar-refractivity contribution in [1.82, 2.24) is 29.9 Å². The number of hydrogen-bond acceptors (Lipinski definition) is 18. The van der Waals surface area contributed by atoms with E-state index < -0.39 is 120 Å². The molecule has 6 saturated heterocycles. The first-order chi connectivity index (χ1) is 33.7. The summed E-state index contributed by atoms with van der Waals surface area (Å²) in [4.78, 5) is 129. The van der Waals surface area contributed by atoms with Gasteiger partial charge in [-0.05, 0) is 77.9 Å². The maximum atomic E-state index is 12.5. The van der Waals surface area contributed by atoms with Crippen LogP contribution in [0.5, 0.6) is 17.2 Å². The number of β-lactam (4-membered cyclic amide) rings is 3. The second-order valence-electron chi connectivity index (χ2n) is 18.9. The van der Waals surface area contributed by atoms with Gasteiger partial charge in [0.1, 0.15) is 17.8 Å². The van der Waals surface area contributed by atoms with E-state index in [-0.39, 0.29) is 17.4 Å². The van der Waals surface area contributed by atoms with Gasteiger partial charge in [-0.1, -0.05) is 54.6 Å². The molecule has 3 aromatic carbocycles. The molecule has 0 aliphatic carbocycles. The molecule has 6 amide bonds. The molecule has 6 heterocycles. The third kappa shape index (κ3) is 10.6. The Bertz CT molecular complexity index is 2370. The van der Waals surface area contributed by atoms with Crippen molar-refractivity contribution in [1.29, 1.82) is 0 Å². The summed E-state index contributed by atoms with van der Waals surface area (Å²) in [5.74, 6) is -8.27. The van der Waals surface area contributed by atoms with Crippen molar-refractivity contribution in [2.24, 2.45) is 17.8 Å². The Morgan fingerprint density at radius 2 is 0.644 bits per heavy atom.